The minimum absolute atomic E-state index is 0.0545. The zero-order chi connectivity index (χ0) is 18.0. The molecule has 1 N–H and O–H groups in total. The summed E-state index contributed by atoms with van der Waals surface area (Å²) in [6, 6.07) is 8.77. The molecule has 0 aliphatic carbocycles. The number of likely N-dealkylation sites (N-methyl/N-ethyl adjacent to an activating group) is 1. The molecule has 132 valence electrons. The van der Waals surface area contributed by atoms with E-state index in [1.165, 1.54) is 4.90 Å². The lowest BCUT2D eigenvalue weighted by molar-refractivity contribution is -0.120. The number of aryl methyl sites for hydroxylation is 2. The Balaban J connectivity index is 1.62. The minimum Gasteiger partial charge on any atom is -0.361 e. The monoisotopic (exact) mass is 342 g/mol. The Kier molecular flexibility index (Phi) is 4.74. The smallest absolute Gasteiger partial charge is 0.318 e. The van der Waals surface area contributed by atoms with Crippen LogP contribution in [0, 0.1) is 13.8 Å². The number of nitrogens with zero attached hydrogens (tertiary/aromatic N) is 3. The van der Waals surface area contributed by atoms with Crippen molar-refractivity contribution < 1.29 is 14.1 Å². The summed E-state index contributed by atoms with van der Waals surface area (Å²) in [6.07, 6.45) is 0.614. The molecule has 2 heterocycles. The molecular formula is C18H22N4O3. The van der Waals surface area contributed by atoms with Crippen molar-refractivity contribution in [2.24, 2.45) is 0 Å². The highest BCUT2D eigenvalue weighted by molar-refractivity contribution is 6.01. The summed E-state index contributed by atoms with van der Waals surface area (Å²) in [7, 11) is 1.65. The number of hydrogen-bond acceptors (Lipinski definition) is 4. The van der Waals surface area contributed by atoms with E-state index in [9.17, 15) is 9.59 Å². The number of carbonyl (C=O) groups is 2. The SMILES string of the molecule is Cc1noc(C)c1CNC(=O)N(C)C1CCN(c2ccccc2)C1=O. The summed E-state index contributed by atoms with van der Waals surface area (Å²) in [5.74, 6) is 0.633. The zero-order valence-electron chi connectivity index (χ0n) is 14.7. The molecule has 0 spiro atoms. The van der Waals surface area contributed by atoms with Crippen LogP contribution in [0.3, 0.4) is 0 Å². The lowest BCUT2D eigenvalue weighted by Crippen LogP contribution is -2.47. The molecular weight excluding hydrogens is 320 g/mol. The summed E-state index contributed by atoms with van der Waals surface area (Å²) in [5.41, 5.74) is 2.48. The summed E-state index contributed by atoms with van der Waals surface area (Å²) in [6.45, 7) is 4.58. The van der Waals surface area contributed by atoms with E-state index in [4.69, 9.17) is 4.52 Å². The van der Waals surface area contributed by atoms with Crippen molar-refractivity contribution in [3.05, 3.63) is 47.3 Å². The summed E-state index contributed by atoms with van der Waals surface area (Å²) in [4.78, 5) is 28.3. The highest BCUT2D eigenvalue weighted by Gasteiger charge is 2.37. The Morgan fingerprint density at radius 1 is 1.36 bits per heavy atom. The number of para-hydroxylation sites is 1. The number of urea groups is 1. The van der Waals surface area contributed by atoms with Gasteiger partial charge in [-0.1, -0.05) is 23.4 Å². The predicted molar refractivity (Wildman–Crippen MR) is 93.2 cm³/mol. The second kappa shape index (κ2) is 6.96. The van der Waals surface area contributed by atoms with Gasteiger partial charge in [-0.2, -0.15) is 0 Å². The van der Waals surface area contributed by atoms with Crippen LogP contribution in [-0.2, 0) is 11.3 Å². The van der Waals surface area contributed by atoms with Gasteiger partial charge in [0.1, 0.15) is 11.8 Å². The summed E-state index contributed by atoms with van der Waals surface area (Å²) in [5, 5.41) is 6.71. The highest BCUT2D eigenvalue weighted by Crippen LogP contribution is 2.23. The van der Waals surface area contributed by atoms with Gasteiger partial charge in [-0.05, 0) is 32.4 Å². The Morgan fingerprint density at radius 2 is 2.08 bits per heavy atom. The molecule has 1 unspecified atom stereocenters. The third kappa shape index (κ3) is 3.35. The number of amides is 3. The average molecular weight is 342 g/mol. The van der Waals surface area contributed by atoms with Crippen molar-refractivity contribution in [1.29, 1.82) is 0 Å². The van der Waals surface area contributed by atoms with Gasteiger partial charge in [0.2, 0.25) is 5.91 Å². The van der Waals surface area contributed by atoms with Crippen LogP contribution in [-0.4, -0.2) is 41.6 Å². The first-order valence-corrected chi connectivity index (χ1v) is 8.28. The van der Waals surface area contributed by atoms with Crippen LogP contribution in [0.4, 0.5) is 10.5 Å². The first-order chi connectivity index (χ1) is 12.0. The van der Waals surface area contributed by atoms with E-state index in [1.54, 1.807) is 11.9 Å². The third-order valence-electron chi connectivity index (χ3n) is 4.63. The second-order valence-corrected chi connectivity index (χ2v) is 6.20. The van der Waals surface area contributed by atoms with Gasteiger partial charge >= 0.3 is 6.03 Å². The zero-order valence-corrected chi connectivity index (χ0v) is 14.7. The fourth-order valence-electron chi connectivity index (χ4n) is 3.07. The van der Waals surface area contributed by atoms with Crippen molar-refractivity contribution in [1.82, 2.24) is 15.4 Å². The van der Waals surface area contributed by atoms with E-state index < -0.39 is 6.04 Å². The van der Waals surface area contributed by atoms with E-state index in [-0.39, 0.29) is 11.9 Å². The van der Waals surface area contributed by atoms with Gasteiger partial charge in [0.25, 0.3) is 0 Å². The van der Waals surface area contributed by atoms with Gasteiger partial charge in [0.05, 0.1) is 5.69 Å². The molecule has 0 bridgehead atoms. The van der Waals surface area contributed by atoms with E-state index in [0.717, 1.165) is 16.9 Å². The summed E-state index contributed by atoms with van der Waals surface area (Å²) >= 11 is 0. The topological polar surface area (TPSA) is 78.7 Å². The number of carbonyl (C=O) groups excluding carboxylic acids is 2. The van der Waals surface area contributed by atoms with Crippen molar-refractivity contribution in [2.75, 3.05) is 18.5 Å². The second-order valence-electron chi connectivity index (χ2n) is 6.20. The van der Waals surface area contributed by atoms with Crippen molar-refractivity contribution in [3.8, 4) is 0 Å². The molecule has 25 heavy (non-hydrogen) atoms. The Hall–Kier alpha value is -2.83. The standard InChI is InChI=1S/C18H22N4O3/c1-12-15(13(2)25-20-12)11-19-18(24)21(3)16-9-10-22(17(16)23)14-7-5-4-6-8-14/h4-8,16H,9-11H2,1-3H3,(H,19,24). The van der Waals surface area contributed by atoms with E-state index in [0.29, 0.717) is 25.3 Å². The van der Waals surface area contributed by atoms with Crippen LogP contribution in [0.5, 0.6) is 0 Å². The summed E-state index contributed by atoms with van der Waals surface area (Å²) < 4.78 is 5.09. The fourth-order valence-corrected chi connectivity index (χ4v) is 3.07. The molecule has 7 nitrogen and oxygen atoms in total. The van der Waals surface area contributed by atoms with Crippen LogP contribution in [0.2, 0.25) is 0 Å². The van der Waals surface area contributed by atoms with Gasteiger partial charge in [-0.3, -0.25) is 4.79 Å². The number of benzene rings is 1. The minimum atomic E-state index is -0.454. The fraction of sp³-hybridized carbons (Fsp3) is 0.389. The normalized spacial score (nSPS) is 17.0. The maximum absolute atomic E-state index is 12.7. The van der Waals surface area contributed by atoms with Crippen molar-refractivity contribution in [2.45, 2.75) is 32.9 Å². The lowest BCUT2D eigenvalue weighted by Gasteiger charge is -2.24. The van der Waals surface area contributed by atoms with Gasteiger partial charge in [0, 0.05) is 31.4 Å². The molecule has 1 aromatic heterocycles. The Bertz CT molecular complexity index is 752. The largest absolute Gasteiger partial charge is 0.361 e. The van der Waals surface area contributed by atoms with Gasteiger partial charge < -0.3 is 19.6 Å². The molecule has 1 aliphatic rings. The average Bonchev–Trinajstić information content (AvgIpc) is 3.15. The number of rotatable bonds is 4. The quantitative estimate of drug-likeness (QED) is 0.924. The molecule has 1 aliphatic heterocycles. The first kappa shape index (κ1) is 17.0. The third-order valence-corrected chi connectivity index (χ3v) is 4.63. The van der Waals surface area contributed by atoms with E-state index >= 15 is 0 Å². The lowest BCUT2D eigenvalue weighted by atomic mass is 10.2. The molecule has 1 atom stereocenters. The predicted octanol–water partition coefficient (Wildman–Crippen LogP) is 2.24. The molecule has 0 radical (unpaired) electrons. The maximum atomic E-state index is 12.7. The molecule has 1 saturated heterocycles. The molecule has 7 heteroatoms. The Labute approximate surface area is 146 Å². The number of aromatic nitrogens is 1. The molecule has 3 amide bonds. The molecule has 1 fully saturated rings. The number of hydrogen-bond donors (Lipinski definition) is 1. The van der Waals surface area contributed by atoms with Gasteiger partial charge in [-0.15, -0.1) is 0 Å². The van der Waals surface area contributed by atoms with Crippen LogP contribution in [0.1, 0.15) is 23.4 Å². The molecule has 0 saturated carbocycles. The van der Waals surface area contributed by atoms with Crippen LogP contribution >= 0.6 is 0 Å². The Morgan fingerprint density at radius 3 is 2.72 bits per heavy atom. The molecule has 1 aromatic carbocycles. The van der Waals surface area contributed by atoms with Crippen LogP contribution in [0.25, 0.3) is 0 Å². The van der Waals surface area contributed by atoms with Crippen LogP contribution < -0.4 is 10.2 Å². The molecule has 3 rings (SSSR count). The first-order valence-electron chi connectivity index (χ1n) is 8.28. The van der Waals surface area contributed by atoms with E-state index in [1.807, 2.05) is 44.2 Å². The maximum Gasteiger partial charge on any atom is 0.318 e. The molecule has 2 aromatic rings. The van der Waals surface area contributed by atoms with Crippen molar-refractivity contribution in [3.63, 3.8) is 0 Å². The van der Waals surface area contributed by atoms with Crippen LogP contribution in [0.15, 0.2) is 34.9 Å². The van der Waals surface area contributed by atoms with Crippen molar-refractivity contribution >= 4 is 17.6 Å². The number of nitrogens with one attached hydrogen (secondary N) is 1. The van der Waals surface area contributed by atoms with E-state index in [2.05, 4.69) is 10.5 Å². The number of anilines is 1. The highest BCUT2D eigenvalue weighted by atomic mass is 16.5. The van der Waals surface area contributed by atoms with Gasteiger partial charge in [-0.25, -0.2) is 4.79 Å². The van der Waals surface area contributed by atoms with Gasteiger partial charge in [0.15, 0.2) is 0 Å².